The molecule has 112 valence electrons. The normalized spacial score (nSPS) is 16.7. The molecule has 2 rings (SSSR count). The maximum Gasteiger partial charge on any atom is 0.235 e. The van der Waals surface area contributed by atoms with Gasteiger partial charge >= 0.3 is 0 Å². The van der Waals surface area contributed by atoms with Crippen molar-refractivity contribution in [2.45, 2.75) is 44.7 Å². The van der Waals surface area contributed by atoms with Crippen molar-refractivity contribution in [2.24, 2.45) is 0 Å². The maximum atomic E-state index is 12.1. The summed E-state index contributed by atoms with van der Waals surface area (Å²) in [6.45, 7) is 3.11. The van der Waals surface area contributed by atoms with Crippen molar-refractivity contribution < 1.29 is 4.79 Å². The summed E-state index contributed by atoms with van der Waals surface area (Å²) < 4.78 is 0. The molecule has 0 radical (unpaired) electrons. The zero-order valence-corrected chi connectivity index (χ0v) is 12.9. The second-order valence-electron chi connectivity index (χ2n) is 6.11. The van der Waals surface area contributed by atoms with Crippen LogP contribution in [0.2, 0.25) is 0 Å². The standard InChI is InChI=1S/C17H23N3O/c1-14-5-7-15(8-6-14)11-20(2)12-16(21)19-17(13-18)9-3-4-10-17/h5-8H,3-4,9-12H2,1-2H3,(H,19,21). The van der Waals surface area contributed by atoms with Gasteiger partial charge in [-0.2, -0.15) is 5.26 Å². The van der Waals surface area contributed by atoms with E-state index in [2.05, 4.69) is 42.6 Å². The molecule has 0 unspecified atom stereocenters. The van der Waals surface area contributed by atoms with Crippen LogP contribution in [-0.2, 0) is 11.3 Å². The van der Waals surface area contributed by atoms with E-state index in [1.807, 2.05) is 11.9 Å². The largest absolute Gasteiger partial charge is 0.337 e. The Morgan fingerprint density at radius 3 is 2.52 bits per heavy atom. The number of aryl methyl sites for hydroxylation is 1. The Bertz CT molecular complexity index is 524. The van der Waals surface area contributed by atoms with Gasteiger partial charge in [0.15, 0.2) is 0 Å². The van der Waals surface area contributed by atoms with Crippen molar-refractivity contribution in [3.63, 3.8) is 0 Å². The molecule has 1 amide bonds. The number of amides is 1. The number of carbonyl (C=O) groups is 1. The van der Waals surface area contributed by atoms with Crippen molar-refractivity contribution in [3.8, 4) is 6.07 Å². The van der Waals surface area contributed by atoms with Gasteiger partial charge in [0.05, 0.1) is 12.6 Å². The highest BCUT2D eigenvalue weighted by molar-refractivity contribution is 5.79. The number of nitrogens with one attached hydrogen (secondary N) is 1. The summed E-state index contributed by atoms with van der Waals surface area (Å²) in [5, 5.41) is 12.2. The van der Waals surface area contributed by atoms with Crippen molar-refractivity contribution in [3.05, 3.63) is 35.4 Å². The predicted octanol–water partition coefficient (Wildman–Crippen LogP) is 2.38. The van der Waals surface area contributed by atoms with Crippen LogP contribution in [0.15, 0.2) is 24.3 Å². The van der Waals surface area contributed by atoms with Crippen LogP contribution in [0.25, 0.3) is 0 Å². The molecule has 0 spiro atoms. The smallest absolute Gasteiger partial charge is 0.235 e. The highest BCUT2D eigenvalue weighted by Crippen LogP contribution is 2.28. The van der Waals surface area contributed by atoms with Crippen molar-refractivity contribution in [2.75, 3.05) is 13.6 Å². The van der Waals surface area contributed by atoms with Gasteiger partial charge in [-0.1, -0.05) is 29.8 Å². The zero-order chi connectivity index (χ0) is 15.3. The van der Waals surface area contributed by atoms with Gasteiger partial charge < -0.3 is 5.32 Å². The highest BCUT2D eigenvalue weighted by atomic mass is 16.2. The van der Waals surface area contributed by atoms with Gasteiger partial charge in [-0.05, 0) is 45.2 Å². The number of likely N-dealkylation sites (N-methyl/N-ethyl adjacent to an activating group) is 1. The van der Waals surface area contributed by atoms with Crippen LogP contribution < -0.4 is 5.32 Å². The Balaban J connectivity index is 1.84. The summed E-state index contributed by atoms with van der Waals surface area (Å²) in [6, 6.07) is 10.6. The van der Waals surface area contributed by atoms with E-state index < -0.39 is 5.54 Å². The molecule has 1 aromatic rings. The molecule has 0 aliphatic heterocycles. The van der Waals surface area contributed by atoms with Crippen molar-refractivity contribution in [1.29, 1.82) is 5.26 Å². The first kappa shape index (κ1) is 15.5. The lowest BCUT2D eigenvalue weighted by atomic mass is 10.00. The fourth-order valence-corrected chi connectivity index (χ4v) is 2.86. The van der Waals surface area contributed by atoms with Crippen LogP contribution in [0, 0.1) is 18.3 Å². The molecule has 1 N–H and O–H groups in total. The summed E-state index contributed by atoms with van der Waals surface area (Å²) in [7, 11) is 1.92. The molecule has 1 saturated carbocycles. The summed E-state index contributed by atoms with van der Waals surface area (Å²) in [4.78, 5) is 14.1. The van der Waals surface area contributed by atoms with Crippen LogP contribution >= 0.6 is 0 Å². The number of hydrogen-bond acceptors (Lipinski definition) is 3. The van der Waals surface area contributed by atoms with Crippen molar-refractivity contribution in [1.82, 2.24) is 10.2 Å². The van der Waals surface area contributed by atoms with Gasteiger partial charge in [0.25, 0.3) is 0 Å². The van der Waals surface area contributed by atoms with Gasteiger partial charge in [0.1, 0.15) is 5.54 Å². The Hall–Kier alpha value is -1.86. The SMILES string of the molecule is Cc1ccc(CN(C)CC(=O)NC2(C#N)CCCC2)cc1. The number of rotatable bonds is 5. The fraction of sp³-hybridized carbons (Fsp3) is 0.529. The Kier molecular flexibility index (Phi) is 4.98. The van der Waals surface area contributed by atoms with E-state index in [-0.39, 0.29) is 5.91 Å². The first-order valence-electron chi connectivity index (χ1n) is 7.49. The molecule has 4 heteroatoms. The van der Waals surface area contributed by atoms with E-state index in [1.165, 1.54) is 11.1 Å². The summed E-state index contributed by atoms with van der Waals surface area (Å²) >= 11 is 0. The number of nitriles is 1. The topological polar surface area (TPSA) is 56.1 Å². The summed E-state index contributed by atoms with van der Waals surface area (Å²) in [5.41, 5.74) is 1.80. The minimum atomic E-state index is -0.623. The van der Waals surface area contributed by atoms with Gasteiger partial charge in [0, 0.05) is 6.54 Å². The van der Waals surface area contributed by atoms with Gasteiger partial charge in [-0.15, -0.1) is 0 Å². The number of carbonyl (C=O) groups excluding carboxylic acids is 1. The van der Waals surface area contributed by atoms with Crippen molar-refractivity contribution >= 4 is 5.91 Å². The summed E-state index contributed by atoms with van der Waals surface area (Å²) in [6.07, 6.45) is 3.59. The average molecular weight is 285 g/mol. The van der Waals surface area contributed by atoms with Crippen LogP contribution in [0.5, 0.6) is 0 Å². The Morgan fingerprint density at radius 2 is 1.95 bits per heavy atom. The molecule has 1 aliphatic carbocycles. The fourth-order valence-electron chi connectivity index (χ4n) is 2.86. The summed E-state index contributed by atoms with van der Waals surface area (Å²) in [5.74, 6) is -0.0620. The van der Waals surface area contributed by atoms with Crippen LogP contribution in [0.3, 0.4) is 0 Å². The van der Waals surface area contributed by atoms with E-state index >= 15 is 0 Å². The monoisotopic (exact) mass is 285 g/mol. The van der Waals surface area contributed by atoms with Crippen LogP contribution in [-0.4, -0.2) is 29.9 Å². The minimum Gasteiger partial charge on any atom is -0.337 e. The third kappa shape index (κ3) is 4.30. The third-order valence-electron chi connectivity index (χ3n) is 4.04. The third-order valence-corrected chi connectivity index (χ3v) is 4.04. The molecule has 1 aliphatic rings. The molecule has 1 fully saturated rings. The van der Waals surface area contributed by atoms with Gasteiger partial charge in [-0.25, -0.2) is 0 Å². The number of hydrogen-bond donors (Lipinski definition) is 1. The van der Waals surface area contributed by atoms with E-state index in [9.17, 15) is 10.1 Å². The predicted molar refractivity (Wildman–Crippen MR) is 82.5 cm³/mol. The van der Waals surface area contributed by atoms with Crippen LogP contribution in [0.1, 0.15) is 36.8 Å². The second-order valence-corrected chi connectivity index (χ2v) is 6.11. The van der Waals surface area contributed by atoms with E-state index in [4.69, 9.17) is 0 Å². The molecule has 0 saturated heterocycles. The molecule has 0 heterocycles. The van der Waals surface area contributed by atoms with Crippen LogP contribution in [0.4, 0.5) is 0 Å². The first-order valence-corrected chi connectivity index (χ1v) is 7.49. The zero-order valence-electron chi connectivity index (χ0n) is 12.9. The second kappa shape index (κ2) is 6.73. The molecule has 0 bridgehead atoms. The molecule has 1 aromatic carbocycles. The van der Waals surface area contributed by atoms with E-state index in [0.717, 1.165) is 32.2 Å². The average Bonchev–Trinajstić information content (AvgIpc) is 2.90. The van der Waals surface area contributed by atoms with E-state index in [1.54, 1.807) is 0 Å². The Labute approximate surface area is 126 Å². The number of nitrogens with zero attached hydrogens (tertiary/aromatic N) is 2. The highest BCUT2D eigenvalue weighted by Gasteiger charge is 2.35. The first-order chi connectivity index (χ1) is 10.0. The van der Waals surface area contributed by atoms with Gasteiger partial charge in [0.2, 0.25) is 5.91 Å². The number of benzene rings is 1. The quantitative estimate of drug-likeness (QED) is 0.903. The molecule has 21 heavy (non-hydrogen) atoms. The molecular weight excluding hydrogens is 262 g/mol. The Morgan fingerprint density at radius 1 is 1.33 bits per heavy atom. The molecule has 4 nitrogen and oxygen atoms in total. The molecular formula is C17H23N3O. The minimum absolute atomic E-state index is 0.0620. The lowest BCUT2D eigenvalue weighted by Gasteiger charge is -2.24. The van der Waals surface area contributed by atoms with Gasteiger partial charge in [-0.3, -0.25) is 9.69 Å². The molecule has 0 aromatic heterocycles. The van der Waals surface area contributed by atoms with E-state index in [0.29, 0.717) is 6.54 Å². The molecule has 0 atom stereocenters. The maximum absolute atomic E-state index is 12.1. The lowest BCUT2D eigenvalue weighted by Crippen LogP contribution is -2.48. The lowest BCUT2D eigenvalue weighted by molar-refractivity contribution is -0.123.